The third kappa shape index (κ3) is 5.58. The van der Waals surface area contributed by atoms with Crippen LogP contribution in [0.4, 0.5) is 5.69 Å². The largest absolute Gasteiger partial charge is 0.493 e. The fraction of sp³-hybridized carbons (Fsp3) is 0.261. The zero-order valence-corrected chi connectivity index (χ0v) is 20.3. The molecule has 2 aromatic rings. The number of para-hydroxylation sites is 2. The molecule has 0 radical (unpaired) electrons. The van der Waals surface area contributed by atoms with E-state index in [-0.39, 0.29) is 18.4 Å². The van der Waals surface area contributed by atoms with Crippen LogP contribution in [0.2, 0.25) is 0 Å². The van der Waals surface area contributed by atoms with Crippen molar-refractivity contribution in [3.63, 3.8) is 0 Å². The highest BCUT2D eigenvalue weighted by Gasteiger charge is 2.33. The molecule has 1 heterocycles. The summed E-state index contributed by atoms with van der Waals surface area (Å²) in [5.74, 6) is 1.20. The first-order valence-electron chi connectivity index (χ1n) is 9.98. The predicted octanol–water partition coefficient (Wildman–Crippen LogP) is 3.95. The average molecular weight is 489 g/mol. The smallest absolute Gasteiger partial charge is 0.266 e. The molecule has 0 atom stereocenters. The van der Waals surface area contributed by atoms with Crippen molar-refractivity contribution in [3.05, 3.63) is 46.9 Å². The molecular formula is C23H24N2O6S2. The number of hydrogen-bond donors (Lipinski definition) is 1. The summed E-state index contributed by atoms with van der Waals surface area (Å²) in [6.45, 7) is 2.12. The number of thiocarbonyl (C=S) groups is 1. The number of thioether (sulfide) groups is 1. The van der Waals surface area contributed by atoms with Gasteiger partial charge in [0.15, 0.2) is 11.5 Å². The Bertz CT molecular complexity index is 1080. The first-order valence-corrected chi connectivity index (χ1v) is 11.2. The average Bonchev–Trinajstić information content (AvgIpc) is 3.06. The van der Waals surface area contributed by atoms with Crippen LogP contribution in [-0.2, 0) is 9.59 Å². The minimum atomic E-state index is -0.382. The van der Waals surface area contributed by atoms with Crippen molar-refractivity contribution in [2.75, 3.05) is 39.8 Å². The van der Waals surface area contributed by atoms with Crippen LogP contribution in [0.15, 0.2) is 41.3 Å². The van der Waals surface area contributed by atoms with Gasteiger partial charge in [-0.25, -0.2) is 0 Å². The summed E-state index contributed by atoms with van der Waals surface area (Å²) in [6.07, 6.45) is 1.67. The molecule has 33 heavy (non-hydrogen) atoms. The lowest BCUT2D eigenvalue weighted by Crippen LogP contribution is -2.36. The molecule has 8 nitrogen and oxygen atoms in total. The number of anilines is 1. The highest BCUT2D eigenvalue weighted by atomic mass is 32.2. The van der Waals surface area contributed by atoms with Crippen molar-refractivity contribution in [1.29, 1.82) is 0 Å². The van der Waals surface area contributed by atoms with Crippen molar-refractivity contribution in [3.8, 4) is 23.0 Å². The standard InChI is InChI=1S/C23H24N2O6S2/c1-5-31-16-9-7-6-8-15(16)24-20(26)13-25-22(27)19(33-23(25)32)12-14-10-17(28-2)21(30-4)18(11-14)29-3/h6-12H,5,13H2,1-4H3,(H,24,26). The quantitative estimate of drug-likeness (QED) is 0.420. The Morgan fingerprint density at radius 1 is 1.09 bits per heavy atom. The zero-order valence-electron chi connectivity index (χ0n) is 18.7. The maximum Gasteiger partial charge on any atom is 0.266 e. The Morgan fingerprint density at radius 3 is 2.36 bits per heavy atom. The molecule has 2 amide bonds. The Balaban J connectivity index is 1.77. The number of carbonyl (C=O) groups excluding carboxylic acids is 2. The van der Waals surface area contributed by atoms with Crippen LogP contribution in [0.25, 0.3) is 6.08 Å². The SMILES string of the molecule is CCOc1ccccc1NC(=O)CN1C(=O)C(=Cc2cc(OC)c(OC)c(OC)c2)SC1=S. The maximum atomic E-state index is 13.0. The summed E-state index contributed by atoms with van der Waals surface area (Å²) in [4.78, 5) is 27.2. The summed E-state index contributed by atoms with van der Waals surface area (Å²) in [5.41, 5.74) is 1.20. The van der Waals surface area contributed by atoms with Crippen molar-refractivity contribution in [2.24, 2.45) is 0 Å². The molecule has 1 aliphatic heterocycles. The molecule has 3 rings (SSSR count). The lowest BCUT2D eigenvalue weighted by atomic mass is 10.1. The Hall–Kier alpha value is -3.24. The van der Waals surface area contributed by atoms with E-state index in [4.69, 9.17) is 31.2 Å². The fourth-order valence-electron chi connectivity index (χ4n) is 3.16. The third-order valence-corrected chi connectivity index (χ3v) is 6.00. The predicted molar refractivity (Wildman–Crippen MR) is 132 cm³/mol. The first kappa shape index (κ1) is 24.4. The Morgan fingerprint density at radius 2 is 1.76 bits per heavy atom. The monoisotopic (exact) mass is 488 g/mol. The van der Waals surface area contributed by atoms with Crippen LogP contribution in [0, 0.1) is 0 Å². The Kier molecular flexibility index (Phi) is 8.18. The normalized spacial score (nSPS) is 14.4. The van der Waals surface area contributed by atoms with Gasteiger partial charge in [-0.05, 0) is 42.8 Å². The van der Waals surface area contributed by atoms with Gasteiger partial charge >= 0.3 is 0 Å². The molecule has 0 unspecified atom stereocenters. The van der Waals surface area contributed by atoms with Gasteiger partial charge in [0.05, 0.1) is 38.5 Å². The van der Waals surface area contributed by atoms with Crippen LogP contribution in [0.5, 0.6) is 23.0 Å². The van der Waals surface area contributed by atoms with E-state index in [1.54, 1.807) is 36.4 Å². The van der Waals surface area contributed by atoms with Crippen LogP contribution in [0.1, 0.15) is 12.5 Å². The summed E-state index contributed by atoms with van der Waals surface area (Å²) in [5, 5.41) is 2.78. The molecule has 1 aliphatic rings. The highest BCUT2D eigenvalue weighted by molar-refractivity contribution is 8.26. The summed E-state index contributed by atoms with van der Waals surface area (Å²) < 4.78 is 21.9. The molecule has 1 fully saturated rings. The van der Waals surface area contributed by atoms with E-state index in [0.717, 1.165) is 11.8 Å². The van der Waals surface area contributed by atoms with Crippen LogP contribution < -0.4 is 24.3 Å². The molecule has 0 bridgehead atoms. The van der Waals surface area contributed by atoms with E-state index in [1.807, 2.05) is 13.0 Å². The number of nitrogens with zero attached hydrogens (tertiary/aromatic N) is 1. The molecule has 10 heteroatoms. The van der Waals surface area contributed by atoms with E-state index >= 15 is 0 Å². The van der Waals surface area contributed by atoms with Crippen molar-refractivity contribution in [2.45, 2.75) is 6.92 Å². The highest BCUT2D eigenvalue weighted by Crippen LogP contribution is 2.40. The molecular weight excluding hydrogens is 464 g/mol. The minimum Gasteiger partial charge on any atom is -0.493 e. The summed E-state index contributed by atoms with van der Waals surface area (Å²) in [7, 11) is 4.55. The minimum absolute atomic E-state index is 0.211. The molecule has 0 spiro atoms. The lowest BCUT2D eigenvalue weighted by Gasteiger charge is -2.16. The molecule has 0 saturated carbocycles. The van der Waals surface area contributed by atoms with E-state index in [0.29, 0.717) is 50.1 Å². The van der Waals surface area contributed by atoms with Gasteiger partial charge in [0, 0.05) is 0 Å². The maximum absolute atomic E-state index is 13.0. The number of rotatable bonds is 9. The van der Waals surface area contributed by atoms with Gasteiger partial charge in [-0.3, -0.25) is 14.5 Å². The number of ether oxygens (including phenoxy) is 4. The number of hydrogen-bond acceptors (Lipinski definition) is 8. The Labute approximate surface area is 201 Å². The lowest BCUT2D eigenvalue weighted by molar-refractivity contribution is -0.126. The molecule has 0 aliphatic carbocycles. The zero-order chi connectivity index (χ0) is 24.0. The molecule has 174 valence electrons. The molecule has 0 aromatic heterocycles. The van der Waals surface area contributed by atoms with Gasteiger partial charge in [-0.2, -0.15) is 0 Å². The summed E-state index contributed by atoms with van der Waals surface area (Å²) in [6, 6.07) is 10.6. The van der Waals surface area contributed by atoms with Gasteiger partial charge in [0.2, 0.25) is 11.7 Å². The van der Waals surface area contributed by atoms with Crippen molar-refractivity contribution in [1.82, 2.24) is 4.90 Å². The van der Waals surface area contributed by atoms with Crippen LogP contribution >= 0.6 is 24.0 Å². The third-order valence-electron chi connectivity index (χ3n) is 4.62. The fourth-order valence-corrected chi connectivity index (χ4v) is 4.41. The second kappa shape index (κ2) is 11.1. The number of nitrogens with one attached hydrogen (secondary N) is 1. The number of methoxy groups -OCH3 is 3. The van der Waals surface area contributed by atoms with Crippen molar-refractivity contribution >= 4 is 51.9 Å². The topological polar surface area (TPSA) is 86.3 Å². The van der Waals surface area contributed by atoms with Crippen LogP contribution in [0.3, 0.4) is 0 Å². The second-order valence-electron chi connectivity index (χ2n) is 6.70. The second-order valence-corrected chi connectivity index (χ2v) is 8.38. The van der Waals surface area contributed by atoms with Gasteiger partial charge in [0.25, 0.3) is 5.91 Å². The van der Waals surface area contributed by atoms with E-state index in [1.165, 1.54) is 26.2 Å². The van der Waals surface area contributed by atoms with E-state index in [9.17, 15) is 9.59 Å². The van der Waals surface area contributed by atoms with Crippen LogP contribution in [-0.4, -0.2) is 55.5 Å². The molecule has 1 saturated heterocycles. The number of carbonyl (C=O) groups is 2. The van der Waals surface area contributed by atoms with Gasteiger partial charge in [-0.15, -0.1) is 0 Å². The van der Waals surface area contributed by atoms with Gasteiger partial charge in [0.1, 0.15) is 16.6 Å². The summed E-state index contributed by atoms with van der Waals surface area (Å²) >= 11 is 6.48. The molecule has 1 N–H and O–H groups in total. The first-order chi connectivity index (χ1) is 15.9. The van der Waals surface area contributed by atoms with E-state index < -0.39 is 0 Å². The van der Waals surface area contributed by atoms with Gasteiger partial charge < -0.3 is 24.3 Å². The number of amides is 2. The number of benzene rings is 2. The van der Waals surface area contributed by atoms with E-state index in [2.05, 4.69) is 5.32 Å². The van der Waals surface area contributed by atoms with Gasteiger partial charge in [-0.1, -0.05) is 36.1 Å². The van der Waals surface area contributed by atoms with Crippen molar-refractivity contribution < 1.29 is 28.5 Å². The molecule has 2 aromatic carbocycles.